The van der Waals surface area contributed by atoms with Gasteiger partial charge in [0.1, 0.15) is 5.75 Å². The van der Waals surface area contributed by atoms with Gasteiger partial charge < -0.3 is 9.84 Å². The topological polar surface area (TPSA) is 66.8 Å². The lowest BCUT2D eigenvalue weighted by molar-refractivity contribution is -0.137. The lowest BCUT2D eigenvalue weighted by atomic mass is 10.0. The molecule has 19 heavy (non-hydrogen) atoms. The van der Waals surface area contributed by atoms with E-state index < -0.39 is 5.97 Å². The molecule has 0 aliphatic rings. The molecule has 1 aromatic carbocycles. The molecule has 0 spiro atoms. The van der Waals surface area contributed by atoms with Crippen LogP contribution in [0.1, 0.15) is 21.5 Å². The van der Waals surface area contributed by atoms with Gasteiger partial charge in [-0.1, -0.05) is 0 Å². The number of Topliss-reactive ketones (excluding diaryl/α,β-unsaturated/α-hetero) is 1. The van der Waals surface area contributed by atoms with Crippen LogP contribution in [0.4, 0.5) is 0 Å². The molecule has 0 radical (unpaired) electrons. The molecule has 0 bridgehead atoms. The second-order valence-electron chi connectivity index (χ2n) is 4.63. The number of aliphatic carboxylic acids is 1. The standard InChI is InChI=1S/C14H19NO4/c1-9-5-11(13(19-4)6-10(9)2)12(16)7-15(3)8-14(17)18/h5-6H,7-8H2,1-4H3,(H,17,18). The van der Waals surface area contributed by atoms with Crippen molar-refractivity contribution in [3.05, 3.63) is 28.8 Å². The number of methoxy groups -OCH3 is 1. The van der Waals surface area contributed by atoms with Gasteiger partial charge in [-0.3, -0.25) is 14.5 Å². The van der Waals surface area contributed by atoms with E-state index in [1.807, 2.05) is 19.9 Å². The first-order valence-corrected chi connectivity index (χ1v) is 5.94. The number of carboxylic acids is 1. The third kappa shape index (κ3) is 4.06. The fraction of sp³-hybridized carbons (Fsp3) is 0.429. The number of rotatable bonds is 6. The van der Waals surface area contributed by atoms with E-state index in [0.29, 0.717) is 11.3 Å². The van der Waals surface area contributed by atoms with Crippen LogP contribution < -0.4 is 4.74 Å². The zero-order chi connectivity index (χ0) is 14.6. The van der Waals surface area contributed by atoms with Gasteiger partial charge in [-0.15, -0.1) is 0 Å². The number of carbonyl (C=O) groups excluding carboxylic acids is 1. The summed E-state index contributed by atoms with van der Waals surface area (Å²) in [4.78, 5) is 24.2. The Labute approximate surface area is 112 Å². The predicted molar refractivity (Wildman–Crippen MR) is 71.9 cm³/mol. The molecule has 0 saturated heterocycles. The summed E-state index contributed by atoms with van der Waals surface area (Å²) in [6, 6.07) is 3.60. The highest BCUT2D eigenvalue weighted by Crippen LogP contribution is 2.23. The average molecular weight is 265 g/mol. The summed E-state index contributed by atoms with van der Waals surface area (Å²) in [5, 5.41) is 8.67. The Hall–Kier alpha value is -1.88. The minimum absolute atomic E-state index is 0.0468. The van der Waals surface area contributed by atoms with Gasteiger partial charge in [-0.05, 0) is 44.2 Å². The molecular formula is C14H19NO4. The molecule has 0 saturated carbocycles. The van der Waals surface area contributed by atoms with Gasteiger partial charge in [0.2, 0.25) is 0 Å². The van der Waals surface area contributed by atoms with Crippen LogP contribution in [-0.4, -0.2) is 49.0 Å². The Bertz CT molecular complexity index is 496. The molecule has 0 aliphatic heterocycles. The summed E-state index contributed by atoms with van der Waals surface area (Å²) < 4.78 is 5.21. The molecule has 0 heterocycles. The fourth-order valence-corrected chi connectivity index (χ4v) is 1.79. The van der Waals surface area contributed by atoms with Crippen molar-refractivity contribution in [1.29, 1.82) is 0 Å². The minimum Gasteiger partial charge on any atom is -0.496 e. The third-order valence-corrected chi connectivity index (χ3v) is 2.93. The molecule has 0 aliphatic carbocycles. The first-order chi connectivity index (χ1) is 8.85. The lowest BCUT2D eigenvalue weighted by Crippen LogP contribution is -2.31. The van der Waals surface area contributed by atoms with Crippen molar-refractivity contribution < 1.29 is 19.4 Å². The highest BCUT2D eigenvalue weighted by atomic mass is 16.5. The van der Waals surface area contributed by atoms with Gasteiger partial charge in [0.25, 0.3) is 0 Å². The monoisotopic (exact) mass is 265 g/mol. The van der Waals surface area contributed by atoms with Crippen molar-refractivity contribution >= 4 is 11.8 Å². The Morgan fingerprint density at radius 2 is 1.79 bits per heavy atom. The molecule has 104 valence electrons. The second kappa shape index (κ2) is 6.33. The molecule has 0 fully saturated rings. The number of hydrogen-bond acceptors (Lipinski definition) is 4. The number of ether oxygens (including phenoxy) is 1. The highest BCUT2D eigenvalue weighted by molar-refractivity contribution is 6.00. The number of aryl methyl sites for hydroxylation is 2. The SMILES string of the molecule is COc1cc(C)c(C)cc1C(=O)CN(C)CC(=O)O. The molecule has 1 rings (SSSR count). The van der Waals surface area contributed by atoms with E-state index in [1.54, 1.807) is 13.1 Å². The third-order valence-electron chi connectivity index (χ3n) is 2.93. The average Bonchev–Trinajstić information content (AvgIpc) is 2.30. The summed E-state index contributed by atoms with van der Waals surface area (Å²) in [6.07, 6.45) is 0. The summed E-state index contributed by atoms with van der Waals surface area (Å²) in [5.74, 6) is -0.581. The Balaban J connectivity index is 2.93. The number of ketones is 1. The fourth-order valence-electron chi connectivity index (χ4n) is 1.79. The van der Waals surface area contributed by atoms with Gasteiger partial charge in [-0.25, -0.2) is 0 Å². The maximum atomic E-state index is 12.2. The zero-order valence-corrected chi connectivity index (χ0v) is 11.7. The van der Waals surface area contributed by atoms with Crippen molar-refractivity contribution in [1.82, 2.24) is 4.90 Å². The normalized spacial score (nSPS) is 10.6. The Morgan fingerprint density at radius 1 is 1.21 bits per heavy atom. The number of carboxylic acid groups (broad SMARTS) is 1. The molecular weight excluding hydrogens is 246 g/mol. The maximum absolute atomic E-state index is 12.2. The van der Waals surface area contributed by atoms with Crippen LogP contribution >= 0.6 is 0 Å². The van der Waals surface area contributed by atoms with E-state index in [1.165, 1.54) is 12.0 Å². The predicted octanol–water partition coefficient (Wildman–Crippen LogP) is 1.51. The highest BCUT2D eigenvalue weighted by Gasteiger charge is 2.16. The van der Waals surface area contributed by atoms with Gasteiger partial charge in [0.05, 0.1) is 25.8 Å². The number of benzene rings is 1. The molecule has 0 aromatic heterocycles. The maximum Gasteiger partial charge on any atom is 0.317 e. The van der Waals surface area contributed by atoms with Crippen molar-refractivity contribution in [3.63, 3.8) is 0 Å². The van der Waals surface area contributed by atoms with Crippen LogP contribution in [0.2, 0.25) is 0 Å². The van der Waals surface area contributed by atoms with Crippen molar-refractivity contribution in [2.24, 2.45) is 0 Å². The summed E-state index contributed by atoms with van der Waals surface area (Å²) >= 11 is 0. The molecule has 5 heteroatoms. The van der Waals surface area contributed by atoms with Crippen LogP contribution in [0.15, 0.2) is 12.1 Å². The van der Waals surface area contributed by atoms with Crippen molar-refractivity contribution in [2.45, 2.75) is 13.8 Å². The van der Waals surface area contributed by atoms with Crippen LogP contribution in [0.5, 0.6) is 5.75 Å². The van der Waals surface area contributed by atoms with Crippen LogP contribution in [0, 0.1) is 13.8 Å². The quantitative estimate of drug-likeness (QED) is 0.790. The van der Waals surface area contributed by atoms with Crippen LogP contribution in [0.25, 0.3) is 0 Å². The second-order valence-corrected chi connectivity index (χ2v) is 4.63. The van der Waals surface area contributed by atoms with Gasteiger partial charge >= 0.3 is 5.97 Å². The van der Waals surface area contributed by atoms with Crippen molar-refractivity contribution in [3.8, 4) is 5.75 Å². The molecule has 0 amide bonds. The van der Waals surface area contributed by atoms with Crippen LogP contribution in [-0.2, 0) is 4.79 Å². The Morgan fingerprint density at radius 3 is 2.32 bits per heavy atom. The first-order valence-electron chi connectivity index (χ1n) is 5.94. The lowest BCUT2D eigenvalue weighted by Gasteiger charge is -2.15. The minimum atomic E-state index is -0.956. The molecule has 0 unspecified atom stereocenters. The van der Waals surface area contributed by atoms with E-state index in [4.69, 9.17) is 9.84 Å². The summed E-state index contributed by atoms with van der Waals surface area (Å²) in [6.45, 7) is 3.75. The van der Waals surface area contributed by atoms with Gasteiger partial charge in [0.15, 0.2) is 5.78 Å². The zero-order valence-electron chi connectivity index (χ0n) is 11.7. The number of nitrogens with zero attached hydrogens (tertiary/aromatic N) is 1. The van der Waals surface area contributed by atoms with E-state index in [-0.39, 0.29) is 18.9 Å². The number of hydrogen-bond donors (Lipinski definition) is 1. The summed E-state index contributed by atoms with van der Waals surface area (Å²) in [7, 11) is 3.11. The largest absolute Gasteiger partial charge is 0.496 e. The number of carbonyl (C=O) groups is 2. The first kappa shape index (κ1) is 15.2. The van der Waals surface area contributed by atoms with E-state index >= 15 is 0 Å². The van der Waals surface area contributed by atoms with Crippen LogP contribution in [0.3, 0.4) is 0 Å². The molecule has 1 N–H and O–H groups in total. The van der Waals surface area contributed by atoms with E-state index in [9.17, 15) is 9.59 Å². The number of likely N-dealkylation sites (N-methyl/N-ethyl adjacent to an activating group) is 1. The molecule has 0 atom stereocenters. The van der Waals surface area contributed by atoms with Crippen molar-refractivity contribution in [2.75, 3.05) is 27.2 Å². The van der Waals surface area contributed by atoms with Gasteiger partial charge in [0, 0.05) is 0 Å². The van der Waals surface area contributed by atoms with Gasteiger partial charge in [-0.2, -0.15) is 0 Å². The van der Waals surface area contributed by atoms with E-state index in [0.717, 1.165) is 11.1 Å². The summed E-state index contributed by atoms with van der Waals surface area (Å²) in [5.41, 5.74) is 2.54. The molecule has 1 aromatic rings. The van der Waals surface area contributed by atoms with E-state index in [2.05, 4.69) is 0 Å². The smallest absolute Gasteiger partial charge is 0.317 e. The molecule has 5 nitrogen and oxygen atoms in total. The Kier molecular flexibility index (Phi) is 5.06.